The van der Waals surface area contributed by atoms with Gasteiger partial charge in [-0.2, -0.15) is 0 Å². The fourth-order valence-corrected chi connectivity index (χ4v) is 0.602. The van der Waals surface area contributed by atoms with E-state index in [2.05, 4.69) is 4.74 Å². The van der Waals surface area contributed by atoms with Crippen molar-refractivity contribution in [1.29, 1.82) is 0 Å². The first-order valence-electron chi connectivity index (χ1n) is 2.29. The molecule has 0 aliphatic rings. The van der Waals surface area contributed by atoms with Crippen LogP contribution in [0.4, 0.5) is 0 Å². The average molecular weight is 174 g/mol. The molecule has 0 N–H and O–H groups in total. The number of carbonyl (C=O) groups is 1. The second-order valence-corrected chi connectivity index (χ2v) is 2.35. The minimum absolute atomic E-state index is 0. The van der Waals surface area contributed by atoms with E-state index in [0.717, 1.165) is 0 Å². The van der Waals surface area contributed by atoms with E-state index in [9.17, 15) is 13.6 Å². The third-order valence-corrected chi connectivity index (χ3v) is 1.24. The van der Waals surface area contributed by atoms with Crippen molar-refractivity contribution in [1.82, 2.24) is 0 Å². The Morgan fingerprint density at radius 3 is 2.50 bits per heavy atom. The number of rotatable bonds is 3. The van der Waals surface area contributed by atoms with Crippen LogP contribution >= 0.6 is 0 Å². The summed E-state index contributed by atoms with van der Waals surface area (Å²) in [6, 6.07) is 0. The minimum Gasteiger partial charge on any atom is -0.772 e. The molecule has 54 valence electrons. The van der Waals surface area contributed by atoms with Crippen LogP contribution in [0.3, 0.4) is 0 Å². The van der Waals surface area contributed by atoms with Crippen LogP contribution in [0.25, 0.3) is 0 Å². The van der Waals surface area contributed by atoms with Crippen molar-refractivity contribution in [3.63, 3.8) is 0 Å². The summed E-state index contributed by atoms with van der Waals surface area (Å²) in [5.41, 5.74) is 0. The number of esters is 1. The van der Waals surface area contributed by atoms with E-state index in [1.807, 2.05) is 0 Å². The molecule has 0 aliphatic heterocycles. The van der Waals surface area contributed by atoms with Crippen molar-refractivity contribution in [2.24, 2.45) is 0 Å². The Hall–Kier alpha value is 0.580. The van der Waals surface area contributed by atoms with Crippen molar-refractivity contribution < 1.29 is 47.9 Å². The van der Waals surface area contributed by atoms with E-state index in [0.29, 0.717) is 0 Å². The van der Waals surface area contributed by atoms with Gasteiger partial charge in [-0.3, -0.25) is 9.00 Å². The quantitative estimate of drug-likeness (QED) is 0.252. The molecule has 0 aromatic heterocycles. The van der Waals surface area contributed by atoms with Gasteiger partial charge in [-0.15, -0.1) is 0 Å². The second kappa shape index (κ2) is 7.68. The molecule has 0 fully saturated rings. The summed E-state index contributed by atoms with van der Waals surface area (Å²) >= 11 is -2.14. The molecule has 0 spiro atoms. The fraction of sp³-hybridized carbons (Fsp3) is 0.750. The van der Waals surface area contributed by atoms with Crippen molar-refractivity contribution in [2.45, 2.75) is 6.42 Å². The van der Waals surface area contributed by atoms with Crippen LogP contribution in [0.2, 0.25) is 0 Å². The molecule has 1 atom stereocenters. The zero-order chi connectivity index (χ0) is 7.28. The van der Waals surface area contributed by atoms with Crippen LogP contribution in [-0.4, -0.2) is 27.6 Å². The summed E-state index contributed by atoms with van der Waals surface area (Å²) in [5, 5.41) is 0. The molecule has 0 aliphatic carbocycles. The fourth-order valence-electron chi connectivity index (χ4n) is 0.269. The van der Waals surface area contributed by atoms with E-state index in [1.165, 1.54) is 7.11 Å². The number of hydrogen-bond acceptors (Lipinski definition) is 4. The van der Waals surface area contributed by atoms with Gasteiger partial charge in [0.15, 0.2) is 0 Å². The zero-order valence-corrected chi connectivity index (χ0v) is 8.77. The Morgan fingerprint density at radius 1 is 1.70 bits per heavy atom. The first-order chi connectivity index (χ1) is 4.16. The van der Waals surface area contributed by atoms with E-state index in [1.54, 1.807) is 0 Å². The molecule has 0 amide bonds. The molecular weight excluding hydrogens is 167 g/mol. The summed E-state index contributed by atoms with van der Waals surface area (Å²) < 4.78 is 23.8. The van der Waals surface area contributed by atoms with E-state index in [4.69, 9.17) is 0 Å². The van der Waals surface area contributed by atoms with Gasteiger partial charge in [-0.1, -0.05) is 11.1 Å². The third-order valence-electron chi connectivity index (χ3n) is 0.701. The van der Waals surface area contributed by atoms with E-state index in [-0.39, 0.29) is 41.7 Å². The number of hydrogen-bond donors (Lipinski definition) is 0. The number of ether oxygens (including phenoxy) is 1. The molecule has 0 saturated heterocycles. The first-order valence-corrected chi connectivity index (χ1v) is 3.54. The van der Waals surface area contributed by atoms with Gasteiger partial charge < -0.3 is 9.29 Å². The monoisotopic (exact) mass is 174 g/mol. The molecule has 0 aromatic carbocycles. The minimum atomic E-state index is -2.14. The Morgan fingerprint density at radius 2 is 2.20 bits per heavy atom. The molecule has 4 nitrogen and oxygen atoms in total. The molecule has 6 heteroatoms. The van der Waals surface area contributed by atoms with Crippen LogP contribution in [0, 0.1) is 0 Å². The number of carbonyl (C=O) groups excluding carboxylic acids is 1. The van der Waals surface area contributed by atoms with Gasteiger partial charge in [-0.25, -0.2) is 0 Å². The van der Waals surface area contributed by atoms with Crippen molar-refractivity contribution in [2.75, 3.05) is 12.9 Å². The number of methoxy groups -OCH3 is 1. The average Bonchev–Trinajstić information content (AvgIpc) is 1.83. The molecule has 0 radical (unpaired) electrons. The molecule has 0 heterocycles. The Labute approximate surface area is 83.9 Å². The van der Waals surface area contributed by atoms with E-state index >= 15 is 0 Å². The summed E-state index contributed by atoms with van der Waals surface area (Å²) in [6.07, 6.45) is -0.0629. The van der Waals surface area contributed by atoms with Crippen molar-refractivity contribution in [3.05, 3.63) is 0 Å². The Bertz CT molecular complexity index is 126. The standard InChI is InChI=1S/C4H8O4S.Na/c1-8-4(5)2-3-9(6)7;/h2-3H2,1H3,(H,6,7);/q;+1/p-1. The van der Waals surface area contributed by atoms with Gasteiger partial charge in [-0.05, 0) is 0 Å². The zero-order valence-electron chi connectivity index (χ0n) is 5.96. The molecule has 0 aromatic rings. The smallest absolute Gasteiger partial charge is 0.772 e. The van der Waals surface area contributed by atoms with Crippen LogP contribution in [0.5, 0.6) is 0 Å². The van der Waals surface area contributed by atoms with Gasteiger partial charge in [0, 0.05) is 5.75 Å². The normalized spacial score (nSPS) is 11.4. The molecular formula is C4H7NaO4S. The van der Waals surface area contributed by atoms with Gasteiger partial charge in [0.05, 0.1) is 13.5 Å². The topological polar surface area (TPSA) is 66.4 Å². The Kier molecular flexibility index (Phi) is 10.1. The molecule has 0 rings (SSSR count). The van der Waals surface area contributed by atoms with Gasteiger partial charge in [0.2, 0.25) is 0 Å². The van der Waals surface area contributed by atoms with Crippen molar-refractivity contribution >= 4 is 17.0 Å². The molecule has 1 unspecified atom stereocenters. The maximum Gasteiger partial charge on any atom is 1.00 e. The van der Waals surface area contributed by atoms with Crippen LogP contribution in [0.15, 0.2) is 0 Å². The predicted molar refractivity (Wildman–Crippen MR) is 30.4 cm³/mol. The van der Waals surface area contributed by atoms with Crippen LogP contribution in [0.1, 0.15) is 6.42 Å². The van der Waals surface area contributed by atoms with E-state index < -0.39 is 17.0 Å². The molecule has 0 bridgehead atoms. The largest absolute Gasteiger partial charge is 1.00 e. The predicted octanol–water partition coefficient (Wildman–Crippen LogP) is -3.57. The summed E-state index contributed by atoms with van der Waals surface area (Å²) in [7, 11) is 1.22. The Balaban J connectivity index is 0. The second-order valence-electron chi connectivity index (χ2n) is 1.33. The van der Waals surface area contributed by atoms with Crippen molar-refractivity contribution in [3.8, 4) is 0 Å². The van der Waals surface area contributed by atoms with Gasteiger partial charge >= 0.3 is 35.5 Å². The maximum absolute atomic E-state index is 10.2. The maximum atomic E-state index is 10.2. The van der Waals surface area contributed by atoms with Crippen LogP contribution in [-0.2, 0) is 20.6 Å². The third kappa shape index (κ3) is 8.58. The SMILES string of the molecule is COC(=O)CCS(=O)[O-].[Na+]. The van der Waals surface area contributed by atoms with Gasteiger partial charge in [0.25, 0.3) is 0 Å². The summed E-state index contributed by atoms with van der Waals surface area (Å²) in [6.45, 7) is 0. The summed E-state index contributed by atoms with van der Waals surface area (Å²) in [4.78, 5) is 10.2. The molecule has 0 saturated carbocycles. The van der Waals surface area contributed by atoms with Gasteiger partial charge in [0.1, 0.15) is 0 Å². The first kappa shape index (κ1) is 13.2. The summed E-state index contributed by atoms with van der Waals surface area (Å²) in [5.74, 6) is -0.661. The van der Waals surface area contributed by atoms with Crippen LogP contribution < -0.4 is 29.6 Å². The molecule has 10 heavy (non-hydrogen) atoms.